The Morgan fingerprint density at radius 1 is 1.11 bits per heavy atom. The minimum Gasteiger partial charge on any atom is -0.455 e. The molecule has 2 amide bonds. The topological polar surface area (TPSA) is 97.0 Å². The van der Waals surface area contributed by atoms with Crippen molar-refractivity contribution in [3.63, 3.8) is 0 Å². The molecule has 0 aromatic heterocycles. The molecule has 4 aliphatic carbocycles. The lowest BCUT2D eigenvalue weighted by atomic mass is 9.47. The Morgan fingerprint density at radius 3 is 2.41 bits per heavy atom. The van der Waals surface area contributed by atoms with Crippen LogP contribution in [0, 0.1) is 17.3 Å². The number of carbonyl (C=O) groups is 3. The molecule has 1 aromatic carbocycles. The first-order valence-corrected chi connectivity index (χ1v) is 12.8. The molecule has 1 saturated heterocycles. The van der Waals surface area contributed by atoms with Gasteiger partial charge in [0.2, 0.25) is 5.91 Å². The summed E-state index contributed by atoms with van der Waals surface area (Å²) in [5.74, 6) is -0.666. The number of alkyl halides is 3. The number of nitrogens with one attached hydrogen (secondary N) is 2. The molecule has 8 nitrogen and oxygen atoms in total. The van der Waals surface area contributed by atoms with Crippen molar-refractivity contribution in [1.82, 2.24) is 5.32 Å². The van der Waals surface area contributed by atoms with Gasteiger partial charge in [0, 0.05) is 25.6 Å². The highest BCUT2D eigenvalue weighted by Crippen LogP contribution is 2.62. The highest BCUT2D eigenvalue weighted by atomic mass is 19.4. The SMILES string of the molecule is CC(=O)NC12C[C@H]3C[C@@H](C1)CC(C(=O)OCC(=O)Nc1cc(C(F)(F)F)ccc1N1CCOCC1)(C3)C2. The quantitative estimate of drug-likeness (QED) is 0.554. The summed E-state index contributed by atoms with van der Waals surface area (Å²) in [5, 5.41) is 5.62. The third kappa shape index (κ3) is 5.28. The lowest BCUT2D eigenvalue weighted by Gasteiger charge is -2.60. The van der Waals surface area contributed by atoms with Crippen LogP contribution in [0.25, 0.3) is 0 Å². The molecule has 1 heterocycles. The molecule has 4 saturated carbocycles. The number of rotatable bonds is 6. The highest BCUT2D eigenvalue weighted by Gasteiger charge is 2.61. The predicted octanol–water partition coefficient (Wildman–Crippen LogP) is 3.50. The number of ether oxygens (including phenoxy) is 2. The van der Waals surface area contributed by atoms with Gasteiger partial charge >= 0.3 is 12.1 Å². The number of hydrogen-bond acceptors (Lipinski definition) is 6. The van der Waals surface area contributed by atoms with E-state index in [1.54, 1.807) is 0 Å². The lowest BCUT2D eigenvalue weighted by Crippen LogP contribution is -2.64. The first-order valence-electron chi connectivity index (χ1n) is 12.8. The first kappa shape index (κ1) is 25.8. The van der Waals surface area contributed by atoms with Crippen LogP contribution in [0.5, 0.6) is 0 Å². The zero-order chi connectivity index (χ0) is 26.4. The summed E-state index contributed by atoms with van der Waals surface area (Å²) in [4.78, 5) is 39.8. The number of benzene rings is 1. The van der Waals surface area contributed by atoms with Gasteiger partial charge in [-0.05, 0) is 68.6 Å². The molecule has 0 spiro atoms. The Kier molecular flexibility index (Phi) is 6.62. The molecule has 1 aromatic rings. The molecule has 4 bridgehead atoms. The monoisotopic (exact) mass is 523 g/mol. The molecule has 1 aliphatic heterocycles. The van der Waals surface area contributed by atoms with E-state index in [-0.39, 0.29) is 11.6 Å². The van der Waals surface area contributed by atoms with E-state index in [2.05, 4.69) is 10.6 Å². The molecule has 2 unspecified atom stereocenters. The number of anilines is 2. The molecular formula is C26H32F3N3O5. The zero-order valence-corrected chi connectivity index (χ0v) is 20.8. The molecule has 11 heteroatoms. The third-order valence-electron chi connectivity index (χ3n) is 8.22. The predicted molar refractivity (Wildman–Crippen MR) is 128 cm³/mol. The van der Waals surface area contributed by atoms with Crippen LogP contribution in [0.4, 0.5) is 24.5 Å². The molecule has 6 rings (SSSR count). The molecule has 4 atom stereocenters. The summed E-state index contributed by atoms with van der Waals surface area (Å²) in [7, 11) is 0. The number of carbonyl (C=O) groups excluding carboxylic acids is 3. The minimum absolute atomic E-state index is 0.0113. The summed E-state index contributed by atoms with van der Waals surface area (Å²) < 4.78 is 50.9. The van der Waals surface area contributed by atoms with E-state index in [0.29, 0.717) is 63.1 Å². The first-order chi connectivity index (χ1) is 17.5. The molecule has 37 heavy (non-hydrogen) atoms. The van der Waals surface area contributed by atoms with E-state index in [1.165, 1.54) is 13.0 Å². The van der Waals surface area contributed by atoms with Crippen LogP contribution in [0.1, 0.15) is 51.0 Å². The van der Waals surface area contributed by atoms with Crippen molar-refractivity contribution in [2.45, 2.75) is 57.2 Å². The van der Waals surface area contributed by atoms with Crippen LogP contribution in [0.3, 0.4) is 0 Å². The van der Waals surface area contributed by atoms with Crippen molar-refractivity contribution < 1.29 is 37.0 Å². The second kappa shape index (κ2) is 9.49. The standard InChI is InChI=1S/C26H32F3N3O5/c1-16(33)31-25-12-17-8-18(13-25)11-24(10-17,15-25)23(35)37-14-22(34)30-20-9-19(26(27,28)29)2-3-21(20)32-4-6-36-7-5-32/h2-3,9,17-18H,4-8,10-15H2,1H3,(H,30,34)(H,31,33)/t17-,18+,24?,25?. The van der Waals surface area contributed by atoms with Crippen LogP contribution in [0.2, 0.25) is 0 Å². The fourth-order valence-electron chi connectivity index (χ4n) is 7.38. The van der Waals surface area contributed by atoms with Gasteiger partial charge in [0.25, 0.3) is 5.91 Å². The third-order valence-corrected chi connectivity index (χ3v) is 8.22. The van der Waals surface area contributed by atoms with E-state index < -0.39 is 41.2 Å². The number of morpholine rings is 1. The summed E-state index contributed by atoms with van der Waals surface area (Å²) in [6, 6.07) is 3.23. The fourth-order valence-corrected chi connectivity index (χ4v) is 7.38. The van der Waals surface area contributed by atoms with E-state index in [1.807, 2.05) is 4.90 Å². The van der Waals surface area contributed by atoms with Gasteiger partial charge in [0.05, 0.1) is 35.6 Å². The van der Waals surface area contributed by atoms with Gasteiger partial charge in [-0.25, -0.2) is 0 Å². The van der Waals surface area contributed by atoms with Crippen LogP contribution in [-0.4, -0.2) is 56.2 Å². The van der Waals surface area contributed by atoms with E-state index >= 15 is 0 Å². The Balaban J connectivity index is 1.28. The molecule has 2 N–H and O–H groups in total. The Labute approximate surface area is 213 Å². The number of nitrogens with zero attached hydrogens (tertiary/aromatic N) is 1. The Morgan fingerprint density at radius 2 is 1.78 bits per heavy atom. The normalized spacial score (nSPS) is 30.6. The zero-order valence-electron chi connectivity index (χ0n) is 20.8. The van der Waals surface area contributed by atoms with Gasteiger partial charge in [-0.3, -0.25) is 14.4 Å². The number of esters is 1. The fraction of sp³-hybridized carbons (Fsp3) is 0.654. The van der Waals surface area contributed by atoms with Gasteiger partial charge < -0.3 is 25.0 Å². The summed E-state index contributed by atoms with van der Waals surface area (Å²) in [6.07, 6.45) is -0.0342. The van der Waals surface area contributed by atoms with Gasteiger partial charge in [0.15, 0.2) is 6.61 Å². The van der Waals surface area contributed by atoms with Crippen molar-refractivity contribution in [2.75, 3.05) is 43.1 Å². The molecular weight excluding hydrogens is 491 g/mol. The van der Waals surface area contributed by atoms with Crippen molar-refractivity contribution >= 4 is 29.2 Å². The highest BCUT2D eigenvalue weighted by molar-refractivity contribution is 5.96. The largest absolute Gasteiger partial charge is 0.455 e. The van der Waals surface area contributed by atoms with Gasteiger partial charge in [-0.1, -0.05) is 0 Å². The molecule has 202 valence electrons. The number of hydrogen-bond donors (Lipinski definition) is 2. The summed E-state index contributed by atoms with van der Waals surface area (Å²) in [6.45, 7) is 2.69. The van der Waals surface area contributed by atoms with Gasteiger partial charge in [0.1, 0.15) is 0 Å². The van der Waals surface area contributed by atoms with Crippen molar-refractivity contribution in [2.24, 2.45) is 17.3 Å². The van der Waals surface area contributed by atoms with E-state index in [9.17, 15) is 27.6 Å². The second-order valence-electron chi connectivity index (χ2n) is 11.2. The van der Waals surface area contributed by atoms with Crippen LogP contribution >= 0.6 is 0 Å². The smallest absolute Gasteiger partial charge is 0.416 e. The Bertz CT molecular complexity index is 1070. The maximum atomic E-state index is 13.4. The van der Waals surface area contributed by atoms with E-state index in [4.69, 9.17) is 9.47 Å². The molecule has 5 aliphatic rings. The van der Waals surface area contributed by atoms with Crippen molar-refractivity contribution in [3.05, 3.63) is 23.8 Å². The van der Waals surface area contributed by atoms with Crippen LogP contribution in [0.15, 0.2) is 18.2 Å². The average Bonchev–Trinajstić information content (AvgIpc) is 2.81. The summed E-state index contributed by atoms with van der Waals surface area (Å²) >= 11 is 0. The van der Waals surface area contributed by atoms with Gasteiger partial charge in [-0.2, -0.15) is 13.2 Å². The van der Waals surface area contributed by atoms with Crippen molar-refractivity contribution in [3.8, 4) is 0 Å². The average molecular weight is 524 g/mol. The second-order valence-corrected chi connectivity index (χ2v) is 11.2. The maximum absolute atomic E-state index is 13.4. The summed E-state index contributed by atoms with van der Waals surface area (Å²) in [5.41, 5.74) is -1.58. The number of amides is 2. The maximum Gasteiger partial charge on any atom is 0.416 e. The van der Waals surface area contributed by atoms with Crippen molar-refractivity contribution in [1.29, 1.82) is 0 Å². The van der Waals surface area contributed by atoms with Crippen LogP contribution in [-0.2, 0) is 30.0 Å². The molecule has 0 radical (unpaired) electrons. The Hall–Kier alpha value is -2.82. The molecule has 5 fully saturated rings. The van der Waals surface area contributed by atoms with Crippen LogP contribution < -0.4 is 15.5 Å². The number of halogens is 3. The van der Waals surface area contributed by atoms with Gasteiger partial charge in [-0.15, -0.1) is 0 Å². The van der Waals surface area contributed by atoms with E-state index in [0.717, 1.165) is 31.4 Å². The lowest BCUT2D eigenvalue weighted by molar-refractivity contribution is -0.176. The minimum atomic E-state index is -4.57.